The predicted octanol–water partition coefficient (Wildman–Crippen LogP) is 3.77. The molecule has 6 atom stereocenters. The lowest BCUT2D eigenvalue weighted by Crippen LogP contribution is -2.59. The van der Waals surface area contributed by atoms with Crippen LogP contribution < -0.4 is 5.73 Å². The summed E-state index contributed by atoms with van der Waals surface area (Å²) in [5, 5.41) is 0. The molecule has 0 amide bonds. The summed E-state index contributed by atoms with van der Waals surface area (Å²) in [6, 6.07) is 0. The molecule has 0 aromatic rings. The second-order valence-corrected chi connectivity index (χ2v) is 11.5. The highest BCUT2D eigenvalue weighted by molar-refractivity contribution is 7.40. The molecule has 0 rings (SSSR count). The summed E-state index contributed by atoms with van der Waals surface area (Å²) in [6.07, 6.45) is 0.0119. The largest absolute Gasteiger partial charge is 0.357 e. The van der Waals surface area contributed by atoms with Gasteiger partial charge in [-0.2, -0.15) is 0 Å². The van der Waals surface area contributed by atoms with Crippen LogP contribution in [0.1, 0.15) is 48.5 Å². The van der Waals surface area contributed by atoms with Crippen LogP contribution in [0.3, 0.4) is 0 Å². The molecule has 0 saturated carbocycles. The minimum Gasteiger partial charge on any atom is -0.357 e. The standard InChI is InChI=1S/C18H41NO5P2/c1-12(2)24-18(19,15(5)26-17(7,22-10)23-11)13(3)14(4)25-16(6,20-8)21-9/h12-15,25-26H,19H2,1-11H3. The van der Waals surface area contributed by atoms with E-state index in [0.29, 0.717) is 17.2 Å². The van der Waals surface area contributed by atoms with Gasteiger partial charge in [0, 0.05) is 40.0 Å². The van der Waals surface area contributed by atoms with Crippen molar-refractivity contribution in [2.45, 2.75) is 82.7 Å². The minimum atomic E-state index is -0.820. The van der Waals surface area contributed by atoms with Gasteiger partial charge in [0.1, 0.15) is 5.72 Å². The Balaban J connectivity index is 5.55. The van der Waals surface area contributed by atoms with Crippen molar-refractivity contribution in [2.75, 3.05) is 28.4 Å². The minimum absolute atomic E-state index is 0.0119. The van der Waals surface area contributed by atoms with Crippen LogP contribution >= 0.6 is 17.2 Å². The normalized spacial score (nSPS) is 20.2. The molecule has 6 nitrogen and oxygen atoms in total. The van der Waals surface area contributed by atoms with Gasteiger partial charge in [-0.1, -0.05) is 37.9 Å². The van der Waals surface area contributed by atoms with Gasteiger partial charge >= 0.3 is 0 Å². The third-order valence-corrected chi connectivity index (χ3v) is 8.81. The molecule has 6 unspecified atom stereocenters. The van der Waals surface area contributed by atoms with E-state index in [2.05, 4.69) is 20.8 Å². The Labute approximate surface area is 164 Å². The Kier molecular flexibility index (Phi) is 11.2. The summed E-state index contributed by atoms with van der Waals surface area (Å²) >= 11 is 0. The summed E-state index contributed by atoms with van der Waals surface area (Å²) in [5.41, 5.74) is 5.06. The predicted molar refractivity (Wildman–Crippen MR) is 113 cm³/mol. The molecule has 0 radical (unpaired) electrons. The third-order valence-electron chi connectivity index (χ3n) is 5.10. The molecule has 26 heavy (non-hydrogen) atoms. The molecule has 0 aromatic carbocycles. The van der Waals surface area contributed by atoms with Gasteiger partial charge in [-0.3, -0.25) is 0 Å². The highest BCUT2D eigenvalue weighted by atomic mass is 31.1. The molecule has 0 aliphatic carbocycles. The van der Waals surface area contributed by atoms with Gasteiger partial charge in [0.15, 0.2) is 11.1 Å². The van der Waals surface area contributed by atoms with E-state index < -0.39 is 16.8 Å². The molecule has 0 spiro atoms. The van der Waals surface area contributed by atoms with Crippen molar-refractivity contribution in [2.24, 2.45) is 11.7 Å². The summed E-state index contributed by atoms with van der Waals surface area (Å²) in [6.45, 7) is 14.3. The van der Waals surface area contributed by atoms with Crippen LogP contribution in [-0.2, 0) is 23.7 Å². The van der Waals surface area contributed by atoms with Crippen LogP contribution in [0.15, 0.2) is 0 Å². The van der Waals surface area contributed by atoms with E-state index in [0.717, 1.165) is 0 Å². The number of methoxy groups -OCH3 is 4. The number of hydrogen-bond acceptors (Lipinski definition) is 6. The van der Waals surface area contributed by atoms with E-state index in [-0.39, 0.29) is 23.3 Å². The van der Waals surface area contributed by atoms with Gasteiger partial charge in [0.2, 0.25) is 0 Å². The second kappa shape index (κ2) is 11.0. The van der Waals surface area contributed by atoms with Crippen molar-refractivity contribution in [3.8, 4) is 0 Å². The van der Waals surface area contributed by atoms with Crippen molar-refractivity contribution in [1.29, 1.82) is 0 Å². The second-order valence-electron chi connectivity index (χ2n) is 7.32. The van der Waals surface area contributed by atoms with Crippen LogP contribution in [0.4, 0.5) is 0 Å². The lowest BCUT2D eigenvalue weighted by atomic mass is 9.92. The Bertz CT molecular complexity index is 405. The number of nitrogens with two attached hydrogens (primary N) is 1. The SMILES string of the molecule is COC(C)(OC)PC(C)C(C)C(N)(OC(C)C)C(C)PC(C)(OC)OC. The van der Waals surface area contributed by atoms with Crippen LogP contribution in [0, 0.1) is 5.92 Å². The Morgan fingerprint density at radius 3 is 1.46 bits per heavy atom. The van der Waals surface area contributed by atoms with Crippen molar-refractivity contribution in [3.05, 3.63) is 0 Å². The molecule has 0 aliphatic rings. The summed E-state index contributed by atoms with van der Waals surface area (Å²) in [7, 11) is 7.38. The average molecular weight is 413 g/mol. The van der Waals surface area contributed by atoms with Gasteiger partial charge in [-0.05, 0) is 33.4 Å². The zero-order valence-corrected chi connectivity index (χ0v) is 20.4. The fourth-order valence-corrected chi connectivity index (χ4v) is 6.00. The van der Waals surface area contributed by atoms with Crippen molar-refractivity contribution in [3.63, 3.8) is 0 Å². The quantitative estimate of drug-likeness (QED) is 0.366. The summed E-state index contributed by atoms with van der Waals surface area (Å²) in [4.78, 5) is 0. The van der Waals surface area contributed by atoms with Crippen LogP contribution in [-0.4, -0.2) is 62.6 Å². The fraction of sp³-hybridized carbons (Fsp3) is 1.00. The topological polar surface area (TPSA) is 72.2 Å². The highest BCUT2D eigenvalue weighted by Crippen LogP contribution is 2.48. The molecule has 0 aromatic heterocycles. The van der Waals surface area contributed by atoms with Gasteiger partial charge in [-0.25, -0.2) is 0 Å². The van der Waals surface area contributed by atoms with E-state index in [1.807, 2.05) is 27.7 Å². The summed E-state index contributed by atoms with van der Waals surface area (Å²) < 4.78 is 28.5. The molecule has 0 saturated heterocycles. The van der Waals surface area contributed by atoms with E-state index >= 15 is 0 Å². The smallest absolute Gasteiger partial charge is 0.180 e. The zero-order valence-electron chi connectivity index (χ0n) is 18.4. The third kappa shape index (κ3) is 7.22. The van der Waals surface area contributed by atoms with Gasteiger partial charge in [0.05, 0.1) is 6.10 Å². The van der Waals surface area contributed by atoms with Crippen molar-refractivity contribution >= 4 is 17.2 Å². The first-order valence-corrected chi connectivity index (χ1v) is 11.2. The zero-order chi connectivity index (χ0) is 20.8. The van der Waals surface area contributed by atoms with Gasteiger partial charge in [-0.15, -0.1) is 0 Å². The number of hydrogen-bond donors (Lipinski definition) is 1. The molecule has 0 aliphatic heterocycles. The number of rotatable bonds is 13. The van der Waals surface area contributed by atoms with E-state index in [1.54, 1.807) is 28.4 Å². The number of ether oxygens (including phenoxy) is 5. The Morgan fingerprint density at radius 1 is 0.731 bits per heavy atom. The lowest BCUT2D eigenvalue weighted by molar-refractivity contribution is -0.133. The molecular weight excluding hydrogens is 372 g/mol. The van der Waals surface area contributed by atoms with Gasteiger partial charge in [0.25, 0.3) is 0 Å². The maximum absolute atomic E-state index is 6.90. The molecule has 0 heterocycles. The first-order valence-electron chi connectivity index (χ1n) is 9.05. The average Bonchev–Trinajstić information content (AvgIpc) is 2.59. The molecule has 8 heteroatoms. The fourth-order valence-electron chi connectivity index (χ4n) is 2.85. The first-order chi connectivity index (χ1) is 11.8. The monoisotopic (exact) mass is 413 g/mol. The maximum atomic E-state index is 6.90. The van der Waals surface area contributed by atoms with Crippen LogP contribution in [0.25, 0.3) is 0 Å². The van der Waals surface area contributed by atoms with Crippen molar-refractivity contribution in [1.82, 2.24) is 0 Å². The summed E-state index contributed by atoms with van der Waals surface area (Å²) in [5.74, 6) is 0.0771. The Hall–Kier alpha value is 0.620. The molecular formula is C18H41NO5P2. The highest BCUT2D eigenvalue weighted by Gasteiger charge is 2.46. The Morgan fingerprint density at radius 2 is 1.12 bits per heavy atom. The lowest BCUT2D eigenvalue weighted by Gasteiger charge is -2.46. The molecule has 2 N–H and O–H groups in total. The van der Waals surface area contributed by atoms with Crippen LogP contribution in [0.2, 0.25) is 0 Å². The van der Waals surface area contributed by atoms with Crippen molar-refractivity contribution < 1.29 is 23.7 Å². The molecule has 0 fully saturated rings. The van der Waals surface area contributed by atoms with E-state index in [1.165, 1.54) is 0 Å². The van der Waals surface area contributed by atoms with Crippen LogP contribution in [0.5, 0.6) is 0 Å². The van der Waals surface area contributed by atoms with E-state index in [9.17, 15) is 0 Å². The molecule has 158 valence electrons. The first kappa shape index (κ1) is 26.6. The molecule has 0 bridgehead atoms. The van der Waals surface area contributed by atoms with E-state index in [4.69, 9.17) is 29.4 Å². The maximum Gasteiger partial charge on any atom is 0.180 e. The van der Waals surface area contributed by atoms with Gasteiger partial charge < -0.3 is 29.4 Å².